The minimum absolute atomic E-state index is 0.283. The highest BCUT2D eigenvalue weighted by atomic mass is 35.5. The number of halogens is 1. The maximum atomic E-state index is 9.05. The number of anilines is 2. The molecule has 0 spiro atoms. The van der Waals surface area contributed by atoms with E-state index in [2.05, 4.69) is 9.97 Å². The Balaban J connectivity index is 2.40. The topological polar surface area (TPSA) is 102 Å². The van der Waals surface area contributed by atoms with Crippen molar-refractivity contribution >= 4 is 35.0 Å². The largest absolute Gasteiger partial charge is 0.383 e. The van der Waals surface area contributed by atoms with Crippen LogP contribution in [-0.2, 0) is 0 Å². The van der Waals surface area contributed by atoms with Crippen molar-refractivity contribution in [1.29, 1.82) is 5.26 Å². The number of nitrogen functional groups attached to an aromatic ring is 2. The molecule has 0 fully saturated rings. The van der Waals surface area contributed by atoms with Gasteiger partial charge >= 0.3 is 0 Å². The van der Waals surface area contributed by atoms with E-state index < -0.39 is 0 Å². The molecule has 0 radical (unpaired) electrons. The van der Waals surface area contributed by atoms with Gasteiger partial charge in [0.05, 0.1) is 10.6 Å². The standard InChI is InChI=1S/C11H8ClN5S/c12-7-2-1-3-8(6(7)5-13)18-11-16-9(14)4-10(15)17-11/h1-4H,(H4,14,15,16,17). The Morgan fingerprint density at radius 2 is 1.89 bits per heavy atom. The van der Waals surface area contributed by atoms with Gasteiger partial charge in [-0.25, -0.2) is 9.97 Å². The van der Waals surface area contributed by atoms with Gasteiger partial charge in [0.15, 0.2) is 5.16 Å². The number of rotatable bonds is 2. The zero-order chi connectivity index (χ0) is 13.1. The van der Waals surface area contributed by atoms with Crippen LogP contribution in [0.5, 0.6) is 0 Å². The van der Waals surface area contributed by atoms with Gasteiger partial charge in [0.25, 0.3) is 0 Å². The Kier molecular flexibility index (Phi) is 3.55. The van der Waals surface area contributed by atoms with Crippen molar-refractivity contribution < 1.29 is 0 Å². The number of nitriles is 1. The summed E-state index contributed by atoms with van der Waals surface area (Å²) in [6.45, 7) is 0. The van der Waals surface area contributed by atoms with Crippen LogP contribution in [0.2, 0.25) is 5.02 Å². The molecule has 1 heterocycles. The first-order chi connectivity index (χ1) is 8.60. The lowest BCUT2D eigenvalue weighted by atomic mass is 10.2. The molecule has 0 unspecified atom stereocenters. The third-order valence-electron chi connectivity index (χ3n) is 2.03. The molecule has 1 aromatic heterocycles. The van der Waals surface area contributed by atoms with E-state index in [1.807, 2.05) is 6.07 Å². The van der Waals surface area contributed by atoms with Gasteiger partial charge in [-0.05, 0) is 23.9 Å². The van der Waals surface area contributed by atoms with E-state index in [9.17, 15) is 0 Å². The van der Waals surface area contributed by atoms with E-state index in [0.717, 1.165) is 0 Å². The van der Waals surface area contributed by atoms with Crippen molar-refractivity contribution in [3.05, 3.63) is 34.9 Å². The van der Waals surface area contributed by atoms with Crippen LogP contribution in [0.3, 0.4) is 0 Å². The van der Waals surface area contributed by atoms with E-state index in [1.165, 1.54) is 17.8 Å². The number of nitrogens with zero attached hydrogens (tertiary/aromatic N) is 3. The minimum atomic E-state index is 0.283. The lowest BCUT2D eigenvalue weighted by Gasteiger charge is -2.05. The van der Waals surface area contributed by atoms with E-state index in [-0.39, 0.29) is 11.6 Å². The van der Waals surface area contributed by atoms with Crippen molar-refractivity contribution in [2.75, 3.05) is 11.5 Å². The smallest absolute Gasteiger partial charge is 0.196 e. The first kappa shape index (κ1) is 12.5. The Labute approximate surface area is 113 Å². The summed E-state index contributed by atoms with van der Waals surface area (Å²) in [6, 6.07) is 8.67. The average molecular weight is 278 g/mol. The second-order valence-corrected chi connectivity index (χ2v) is 4.74. The van der Waals surface area contributed by atoms with Crippen LogP contribution in [0.4, 0.5) is 11.6 Å². The third kappa shape index (κ3) is 2.64. The fraction of sp³-hybridized carbons (Fsp3) is 0. The Morgan fingerprint density at radius 1 is 1.22 bits per heavy atom. The molecule has 0 aliphatic rings. The molecule has 18 heavy (non-hydrogen) atoms. The SMILES string of the molecule is N#Cc1c(Cl)cccc1Sc1nc(N)cc(N)n1. The highest BCUT2D eigenvalue weighted by Gasteiger charge is 2.10. The van der Waals surface area contributed by atoms with Gasteiger partial charge in [-0.2, -0.15) is 5.26 Å². The predicted octanol–water partition coefficient (Wildman–Crippen LogP) is 2.32. The summed E-state index contributed by atoms with van der Waals surface area (Å²) in [5.74, 6) is 0.566. The lowest BCUT2D eigenvalue weighted by Crippen LogP contribution is -1.99. The zero-order valence-corrected chi connectivity index (χ0v) is 10.7. The van der Waals surface area contributed by atoms with Crippen LogP contribution >= 0.6 is 23.4 Å². The maximum Gasteiger partial charge on any atom is 0.196 e. The normalized spacial score (nSPS) is 10.0. The molecule has 0 atom stereocenters. The molecule has 4 N–H and O–H groups in total. The maximum absolute atomic E-state index is 9.05. The molecule has 7 heteroatoms. The van der Waals surface area contributed by atoms with Crippen LogP contribution in [0.25, 0.3) is 0 Å². The average Bonchev–Trinajstić information content (AvgIpc) is 2.27. The molecule has 2 aromatic rings. The minimum Gasteiger partial charge on any atom is -0.383 e. The van der Waals surface area contributed by atoms with Crippen molar-refractivity contribution in [1.82, 2.24) is 9.97 Å². The summed E-state index contributed by atoms with van der Waals surface area (Å²) in [6.07, 6.45) is 0. The number of aromatic nitrogens is 2. The second-order valence-electron chi connectivity index (χ2n) is 3.33. The Morgan fingerprint density at radius 3 is 2.50 bits per heavy atom. The zero-order valence-electron chi connectivity index (χ0n) is 9.09. The van der Waals surface area contributed by atoms with Gasteiger partial charge in [0.2, 0.25) is 0 Å². The van der Waals surface area contributed by atoms with Crippen LogP contribution in [0.15, 0.2) is 34.3 Å². The summed E-state index contributed by atoms with van der Waals surface area (Å²) in [5, 5.41) is 9.82. The molecular weight excluding hydrogens is 270 g/mol. The van der Waals surface area contributed by atoms with E-state index in [4.69, 9.17) is 28.3 Å². The van der Waals surface area contributed by atoms with Crippen LogP contribution < -0.4 is 11.5 Å². The van der Waals surface area contributed by atoms with Gasteiger partial charge < -0.3 is 11.5 Å². The van der Waals surface area contributed by atoms with Crippen molar-refractivity contribution in [2.24, 2.45) is 0 Å². The monoisotopic (exact) mass is 277 g/mol. The first-order valence-corrected chi connectivity index (χ1v) is 6.06. The molecule has 0 saturated carbocycles. The van der Waals surface area contributed by atoms with Crippen molar-refractivity contribution in [2.45, 2.75) is 10.1 Å². The first-order valence-electron chi connectivity index (χ1n) is 4.86. The molecule has 0 aliphatic carbocycles. The van der Waals surface area contributed by atoms with Crippen molar-refractivity contribution in [3.8, 4) is 6.07 Å². The fourth-order valence-corrected chi connectivity index (χ4v) is 2.48. The van der Waals surface area contributed by atoms with E-state index >= 15 is 0 Å². The molecule has 1 aromatic carbocycles. The number of hydrogen-bond acceptors (Lipinski definition) is 6. The lowest BCUT2D eigenvalue weighted by molar-refractivity contribution is 0.984. The van der Waals surface area contributed by atoms with E-state index in [0.29, 0.717) is 20.6 Å². The molecular formula is C11H8ClN5S. The van der Waals surface area contributed by atoms with Gasteiger partial charge in [-0.15, -0.1) is 0 Å². The Bertz CT molecular complexity index is 618. The van der Waals surface area contributed by atoms with Crippen LogP contribution in [-0.4, -0.2) is 9.97 Å². The van der Waals surface area contributed by atoms with Gasteiger partial charge in [-0.3, -0.25) is 0 Å². The fourth-order valence-electron chi connectivity index (χ4n) is 1.30. The van der Waals surface area contributed by atoms with Gasteiger partial charge in [0.1, 0.15) is 17.7 Å². The highest BCUT2D eigenvalue weighted by Crippen LogP contribution is 2.32. The Hall–Kier alpha value is -1.97. The summed E-state index contributed by atoms with van der Waals surface area (Å²) in [5.41, 5.74) is 11.5. The summed E-state index contributed by atoms with van der Waals surface area (Å²) >= 11 is 7.12. The molecule has 5 nitrogen and oxygen atoms in total. The molecule has 0 saturated heterocycles. The van der Waals surface area contributed by atoms with Crippen LogP contribution in [0, 0.1) is 11.3 Å². The number of hydrogen-bond donors (Lipinski definition) is 2. The van der Waals surface area contributed by atoms with Crippen molar-refractivity contribution in [3.63, 3.8) is 0 Å². The summed E-state index contributed by atoms with van der Waals surface area (Å²) < 4.78 is 0. The van der Waals surface area contributed by atoms with E-state index in [1.54, 1.807) is 18.2 Å². The second kappa shape index (κ2) is 5.12. The summed E-state index contributed by atoms with van der Waals surface area (Å²) in [7, 11) is 0. The number of benzene rings is 1. The van der Waals surface area contributed by atoms with Crippen LogP contribution in [0.1, 0.15) is 5.56 Å². The predicted molar refractivity (Wildman–Crippen MR) is 71.1 cm³/mol. The third-order valence-corrected chi connectivity index (χ3v) is 3.27. The quantitative estimate of drug-likeness (QED) is 0.817. The molecule has 0 amide bonds. The summed E-state index contributed by atoms with van der Waals surface area (Å²) in [4.78, 5) is 8.73. The van der Waals surface area contributed by atoms with Gasteiger partial charge in [0, 0.05) is 11.0 Å². The number of nitrogens with two attached hydrogens (primary N) is 2. The highest BCUT2D eigenvalue weighted by molar-refractivity contribution is 7.99. The molecule has 0 bridgehead atoms. The molecule has 2 rings (SSSR count). The molecule has 0 aliphatic heterocycles. The molecule has 90 valence electrons. The van der Waals surface area contributed by atoms with Gasteiger partial charge in [-0.1, -0.05) is 17.7 Å².